The molecule has 0 heterocycles. The normalized spacial score (nSPS) is 13.4. The van der Waals surface area contributed by atoms with Crippen LogP contribution in [0.2, 0.25) is 0 Å². The summed E-state index contributed by atoms with van der Waals surface area (Å²) < 4.78 is 10.3. The number of hydrazine groups is 1. The molecule has 0 aliphatic rings. The fourth-order valence-corrected chi connectivity index (χ4v) is 0.914. The highest BCUT2D eigenvalue weighted by Crippen LogP contribution is 2.26. The molecule has 0 aromatic heterocycles. The molecule has 0 aliphatic carbocycles. The maximum absolute atomic E-state index is 10.3. The van der Waals surface area contributed by atoms with Gasteiger partial charge in [0.05, 0.1) is 0 Å². The molecule has 0 fully saturated rings. The average Bonchev–Trinajstić information content (AvgIpc) is 1.76. The van der Waals surface area contributed by atoms with Crippen molar-refractivity contribution in [1.82, 2.24) is 10.6 Å². The van der Waals surface area contributed by atoms with Crippen molar-refractivity contribution in [3.63, 3.8) is 0 Å². The Morgan fingerprint density at radius 1 is 1.33 bits per heavy atom. The lowest BCUT2D eigenvalue weighted by Gasteiger charge is -2.18. The second kappa shape index (κ2) is 4.35. The van der Waals surface area contributed by atoms with Crippen LogP contribution in [0.4, 0.5) is 0 Å². The van der Waals surface area contributed by atoms with Crippen molar-refractivity contribution >= 4 is 7.75 Å². The van der Waals surface area contributed by atoms with Gasteiger partial charge in [0.1, 0.15) is 0 Å². The summed E-state index contributed by atoms with van der Waals surface area (Å²) in [6.07, 6.45) is 0.847. The van der Waals surface area contributed by atoms with E-state index in [2.05, 4.69) is 26.2 Å². The molecule has 0 spiro atoms. The monoisotopic (exact) mass is 196 g/mol. The van der Waals surface area contributed by atoms with E-state index >= 15 is 0 Å². The SMILES string of the molecule is CC(C)(C)CCNNP(=O)(O)O. The van der Waals surface area contributed by atoms with E-state index in [1.54, 1.807) is 0 Å². The van der Waals surface area contributed by atoms with Gasteiger partial charge < -0.3 is 9.79 Å². The lowest BCUT2D eigenvalue weighted by molar-refractivity contribution is 0.328. The average molecular weight is 196 g/mol. The van der Waals surface area contributed by atoms with Crippen molar-refractivity contribution in [3.05, 3.63) is 0 Å². The second-order valence-corrected chi connectivity index (χ2v) is 5.20. The Balaban J connectivity index is 3.41. The van der Waals surface area contributed by atoms with Crippen LogP contribution in [-0.4, -0.2) is 16.3 Å². The molecule has 0 amide bonds. The van der Waals surface area contributed by atoms with Gasteiger partial charge in [-0.15, -0.1) is 0 Å². The maximum atomic E-state index is 10.3. The Kier molecular flexibility index (Phi) is 4.37. The van der Waals surface area contributed by atoms with Gasteiger partial charge in [-0.05, 0) is 11.8 Å². The van der Waals surface area contributed by atoms with E-state index in [1.165, 1.54) is 0 Å². The molecule has 6 heteroatoms. The van der Waals surface area contributed by atoms with Gasteiger partial charge in [-0.2, -0.15) is 5.20 Å². The smallest absolute Gasteiger partial charge is 0.312 e. The van der Waals surface area contributed by atoms with E-state index in [9.17, 15) is 4.57 Å². The van der Waals surface area contributed by atoms with Gasteiger partial charge in [-0.1, -0.05) is 20.8 Å². The zero-order valence-electron chi connectivity index (χ0n) is 7.66. The highest BCUT2D eigenvalue weighted by Gasteiger charge is 2.12. The molecular formula is C6H17N2O3P. The number of hydrogen-bond donors (Lipinski definition) is 4. The van der Waals surface area contributed by atoms with Gasteiger partial charge in [-0.3, -0.25) is 0 Å². The molecule has 0 rings (SSSR count). The van der Waals surface area contributed by atoms with Gasteiger partial charge in [-0.25, -0.2) is 9.99 Å². The predicted octanol–water partition coefficient (Wildman–Crippen LogP) is 0.609. The summed E-state index contributed by atoms with van der Waals surface area (Å²) in [5, 5.41) is 1.91. The van der Waals surface area contributed by atoms with Crippen LogP contribution in [0.5, 0.6) is 0 Å². The zero-order chi connectivity index (χ0) is 9.83. The van der Waals surface area contributed by atoms with Gasteiger partial charge in [0.25, 0.3) is 0 Å². The summed E-state index contributed by atoms with van der Waals surface area (Å²) >= 11 is 0. The molecule has 0 saturated carbocycles. The summed E-state index contributed by atoms with van der Waals surface area (Å²) in [5.74, 6) is 0. The Bertz CT molecular complexity index is 172. The highest BCUT2D eigenvalue weighted by atomic mass is 31.2. The largest absolute Gasteiger partial charge is 0.413 e. The third kappa shape index (κ3) is 10.1. The molecule has 0 saturated heterocycles. The minimum atomic E-state index is -4.11. The van der Waals surface area contributed by atoms with Crippen molar-refractivity contribution in [2.45, 2.75) is 27.2 Å². The van der Waals surface area contributed by atoms with Crippen LogP contribution >= 0.6 is 7.75 Å². The van der Waals surface area contributed by atoms with Crippen LogP contribution < -0.4 is 10.6 Å². The molecule has 0 aromatic rings. The summed E-state index contributed by atoms with van der Waals surface area (Å²) in [4.78, 5) is 16.8. The number of hydrogen-bond acceptors (Lipinski definition) is 2. The third-order valence-electron chi connectivity index (χ3n) is 1.22. The van der Waals surface area contributed by atoms with Gasteiger partial charge in [0.15, 0.2) is 0 Å². The first-order valence-electron chi connectivity index (χ1n) is 3.76. The molecule has 0 bridgehead atoms. The fourth-order valence-electron chi connectivity index (χ4n) is 0.596. The molecular weight excluding hydrogens is 179 g/mol. The summed E-state index contributed by atoms with van der Waals surface area (Å²) in [6.45, 7) is 6.72. The molecule has 0 unspecified atom stereocenters. The number of nitrogens with one attached hydrogen (secondary N) is 2. The van der Waals surface area contributed by atoms with Gasteiger partial charge >= 0.3 is 7.75 Å². The summed E-state index contributed by atoms with van der Waals surface area (Å²) in [7, 11) is -4.11. The van der Waals surface area contributed by atoms with Crippen molar-refractivity contribution in [2.75, 3.05) is 6.54 Å². The first-order valence-corrected chi connectivity index (χ1v) is 5.38. The lowest BCUT2D eigenvalue weighted by Crippen LogP contribution is -2.31. The van der Waals surface area contributed by atoms with Gasteiger partial charge in [0, 0.05) is 6.54 Å². The summed E-state index contributed by atoms with van der Waals surface area (Å²) in [6, 6.07) is 0. The van der Waals surface area contributed by atoms with Gasteiger partial charge in [0.2, 0.25) is 0 Å². The van der Waals surface area contributed by atoms with Crippen LogP contribution in [0.15, 0.2) is 0 Å². The maximum Gasteiger partial charge on any atom is 0.413 e. The predicted molar refractivity (Wildman–Crippen MR) is 47.3 cm³/mol. The second-order valence-electron chi connectivity index (χ2n) is 3.89. The van der Waals surface area contributed by atoms with Crippen LogP contribution in [0.3, 0.4) is 0 Å². The minimum Gasteiger partial charge on any atom is -0.312 e. The van der Waals surface area contributed by atoms with Crippen molar-refractivity contribution in [1.29, 1.82) is 0 Å². The van der Waals surface area contributed by atoms with E-state index in [0.29, 0.717) is 6.54 Å². The third-order valence-corrected chi connectivity index (χ3v) is 1.67. The van der Waals surface area contributed by atoms with E-state index in [1.807, 2.05) is 5.20 Å². The van der Waals surface area contributed by atoms with E-state index in [-0.39, 0.29) is 5.41 Å². The molecule has 5 nitrogen and oxygen atoms in total. The molecule has 0 aromatic carbocycles. The molecule has 12 heavy (non-hydrogen) atoms. The Labute approximate surface area is 72.7 Å². The Morgan fingerprint density at radius 3 is 2.17 bits per heavy atom. The van der Waals surface area contributed by atoms with E-state index in [0.717, 1.165) is 6.42 Å². The summed E-state index contributed by atoms with van der Waals surface area (Å²) in [5.41, 5.74) is 2.64. The number of rotatable bonds is 4. The molecule has 4 N–H and O–H groups in total. The van der Waals surface area contributed by atoms with E-state index < -0.39 is 7.75 Å². The molecule has 0 atom stereocenters. The lowest BCUT2D eigenvalue weighted by atomic mass is 9.93. The standard InChI is InChI=1S/C6H17N2O3P/c1-6(2,3)4-5-7-8-12(9,10)11/h7H,4-5H2,1-3H3,(H3,8,9,10,11). The molecule has 74 valence electrons. The Hall–Kier alpha value is 0.0700. The first-order chi connectivity index (χ1) is 5.21. The minimum absolute atomic E-state index is 0.170. The highest BCUT2D eigenvalue weighted by molar-refractivity contribution is 7.49. The zero-order valence-corrected chi connectivity index (χ0v) is 8.56. The van der Waals surface area contributed by atoms with Crippen LogP contribution in [0.1, 0.15) is 27.2 Å². The van der Waals surface area contributed by atoms with Crippen LogP contribution in [0, 0.1) is 5.41 Å². The van der Waals surface area contributed by atoms with Crippen molar-refractivity contribution in [3.8, 4) is 0 Å². The van der Waals surface area contributed by atoms with Crippen LogP contribution in [0.25, 0.3) is 0 Å². The topological polar surface area (TPSA) is 81.6 Å². The molecule has 0 radical (unpaired) electrons. The van der Waals surface area contributed by atoms with E-state index in [4.69, 9.17) is 9.79 Å². The fraction of sp³-hybridized carbons (Fsp3) is 1.00. The first kappa shape index (κ1) is 12.1. The molecule has 0 aliphatic heterocycles. The van der Waals surface area contributed by atoms with Crippen molar-refractivity contribution < 1.29 is 14.4 Å². The quantitative estimate of drug-likeness (QED) is 0.301. The van der Waals surface area contributed by atoms with Crippen LogP contribution in [-0.2, 0) is 4.57 Å². The Morgan fingerprint density at radius 2 is 1.83 bits per heavy atom. The van der Waals surface area contributed by atoms with Crippen molar-refractivity contribution in [2.24, 2.45) is 5.41 Å².